The summed E-state index contributed by atoms with van der Waals surface area (Å²) in [7, 11) is 1.88. The molecule has 2 aromatic rings. The highest BCUT2D eigenvalue weighted by molar-refractivity contribution is 5.57. The smallest absolute Gasteiger partial charge is 0.117 e. The summed E-state index contributed by atoms with van der Waals surface area (Å²) in [6.07, 6.45) is 3.03. The molecule has 0 heterocycles. The molecule has 0 aromatic heterocycles. The predicted molar refractivity (Wildman–Crippen MR) is 80.5 cm³/mol. The Morgan fingerprint density at radius 1 is 1.00 bits per heavy atom. The van der Waals surface area contributed by atoms with Crippen LogP contribution in [0.2, 0.25) is 0 Å². The van der Waals surface area contributed by atoms with Crippen LogP contribution in [0.25, 0.3) is 0 Å². The molecule has 0 bridgehead atoms. The number of anilines is 1. The molecule has 1 unspecified atom stereocenters. The molecular formula is C17H19NO2. The summed E-state index contributed by atoms with van der Waals surface area (Å²) < 4.78 is 0. The number of rotatable bonds is 2. The molecule has 1 aliphatic carbocycles. The molecule has 0 saturated heterocycles. The van der Waals surface area contributed by atoms with Gasteiger partial charge in [-0.25, -0.2) is 0 Å². The van der Waals surface area contributed by atoms with Crippen molar-refractivity contribution in [1.82, 2.24) is 0 Å². The zero-order valence-corrected chi connectivity index (χ0v) is 11.6. The summed E-state index contributed by atoms with van der Waals surface area (Å²) >= 11 is 0. The van der Waals surface area contributed by atoms with Gasteiger partial charge in [-0.2, -0.15) is 0 Å². The van der Waals surface area contributed by atoms with Gasteiger partial charge < -0.3 is 15.5 Å². The third-order valence-corrected chi connectivity index (χ3v) is 4.16. The first kappa shape index (κ1) is 12.9. The number of phenols is 2. The molecule has 0 saturated carbocycles. The van der Waals surface area contributed by atoms with Crippen molar-refractivity contribution < 1.29 is 10.2 Å². The average molecular weight is 269 g/mol. The molecule has 0 amide bonds. The number of benzene rings is 2. The van der Waals surface area contributed by atoms with Crippen molar-refractivity contribution in [2.24, 2.45) is 0 Å². The Balaban J connectivity index is 1.92. The van der Waals surface area contributed by atoms with Gasteiger partial charge in [0.05, 0.1) is 0 Å². The lowest BCUT2D eigenvalue weighted by molar-refractivity contribution is 0.471. The van der Waals surface area contributed by atoms with Crippen LogP contribution in [0.4, 0.5) is 5.69 Å². The highest BCUT2D eigenvalue weighted by Gasteiger charge is 2.22. The van der Waals surface area contributed by atoms with Crippen molar-refractivity contribution in [1.29, 1.82) is 0 Å². The normalized spacial score (nSPS) is 17.6. The van der Waals surface area contributed by atoms with Crippen LogP contribution in [0.1, 0.15) is 29.0 Å². The van der Waals surface area contributed by atoms with Crippen molar-refractivity contribution in [3.05, 3.63) is 53.1 Å². The van der Waals surface area contributed by atoms with Gasteiger partial charge in [-0.15, -0.1) is 0 Å². The first-order chi connectivity index (χ1) is 9.67. The summed E-state index contributed by atoms with van der Waals surface area (Å²) in [5.41, 5.74) is 4.82. The van der Waals surface area contributed by atoms with Crippen molar-refractivity contribution >= 4 is 5.69 Å². The fraction of sp³-hybridized carbons (Fsp3) is 0.294. The van der Waals surface area contributed by atoms with Gasteiger partial charge in [0.25, 0.3) is 0 Å². The molecule has 1 atom stereocenters. The van der Waals surface area contributed by atoms with E-state index in [1.807, 2.05) is 25.2 Å². The van der Waals surface area contributed by atoms with Gasteiger partial charge in [-0.1, -0.05) is 12.1 Å². The zero-order valence-electron chi connectivity index (χ0n) is 11.6. The Labute approximate surface area is 118 Å². The molecule has 2 aromatic carbocycles. The van der Waals surface area contributed by atoms with E-state index in [0.29, 0.717) is 17.4 Å². The van der Waals surface area contributed by atoms with E-state index >= 15 is 0 Å². The van der Waals surface area contributed by atoms with Gasteiger partial charge >= 0.3 is 0 Å². The van der Waals surface area contributed by atoms with Crippen molar-refractivity contribution in [3.8, 4) is 11.5 Å². The van der Waals surface area contributed by atoms with Crippen molar-refractivity contribution in [2.75, 3.05) is 12.4 Å². The van der Waals surface area contributed by atoms with E-state index in [2.05, 4.69) is 5.32 Å². The average Bonchev–Trinajstić information content (AvgIpc) is 2.46. The number of fused-ring (bicyclic) bond motifs is 1. The molecule has 3 N–H and O–H groups in total. The van der Waals surface area contributed by atoms with Crippen LogP contribution < -0.4 is 5.32 Å². The second-order valence-electron chi connectivity index (χ2n) is 5.41. The van der Waals surface area contributed by atoms with E-state index in [1.165, 1.54) is 16.7 Å². The summed E-state index contributed by atoms with van der Waals surface area (Å²) in [6.45, 7) is 0. The first-order valence-corrected chi connectivity index (χ1v) is 6.99. The highest BCUT2D eigenvalue weighted by atomic mass is 16.3. The van der Waals surface area contributed by atoms with Gasteiger partial charge in [0, 0.05) is 18.8 Å². The Morgan fingerprint density at radius 3 is 2.55 bits per heavy atom. The van der Waals surface area contributed by atoms with E-state index in [0.717, 1.165) is 24.9 Å². The lowest BCUT2D eigenvalue weighted by Crippen LogP contribution is -2.14. The van der Waals surface area contributed by atoms with Crippen LogP contribution in [0.5, 0.6) is 11.5 Å². The lowest BCUT2D eigenvalue weighted by Gasteiger charge is -2.26. The fourth-order valence-corrected chi connectivity index (χ4v) is 3.12. The number of aryl methyl sites for hydroxylation is 1. The molecule has 1 aliphatic rings. The predicted octanol–water partition coefficient (Wildman–Crippen LogP) is 3.41. The molecule has 3 rings (SSSR count). The third kappa shape index (κ3) is 2.31. The minimum Gasteiger partial charge on any atom is -0.508 e. The minimum atomic E-state index is 0.291. The maximum absolute atomic E-state index is 9.59. The van der Waals surface area contributed by atoms with E-state index < -0.39 is 0 Å². The van der Waals surface area contributed by atoms with Crippen LogP contribution in [-0.2, 0) is 12.8 Å². The van der Waals surface area contributed by atoms with Crippen LogP contribution in [0.3, 0.4) is 0 Å². The molecule has 3 heteroatoms. The largest absolute Gasteiger partial charge is 0.508 e. The Morgan fingerprint density at radius 2 is 1.75 bits per heavy atom. The highest BCUT2D eigenvalue weighted by Crippen LogP contribution is 2.38. The van der Waals surface area contributed by atoms with Crippen LogP contribution in [0, 0.1) is 0 Å². The summed E-state index contributed by atoms with van der Waals surface area (Å²) in [4.78, 5) is 0. The van der Waals surface area contributed by atoms with Gasteiger partial charge in [0.15, 0.2) is 0 Å². The van der Waals surface area contributed by atoms with Crippen LogP contribution in [0.15, 0.2) is 36.4 Å². The zero-order chi connectivity index (χ0) is 14.1. The Kier molecular flexibility index (Phi) is 3.26. The van der Waals surface area contributed by atoms with Gasteiger partial charge in [-0.3, -0.25) is 0 Å². The van der Waals surface area contributed by atoms with Crippen molar-refractivity contribution in [3.63, 3.8) is 0 Å². The Hall–Kier alpha value is -2.16. The molecule has 0 radical (unpaired) electrons. The standard InChI is InChI=1S/C17H19NO2/c1-18-17-10-15(20)6-7-16(17)13-3-2-12-9-14(19)5-4-11(12)8-13/h4-7,9-10,13,18-20H,2-3,8H2,1H3. The topological polar surface area (TPSA) is 52.5 Å². The second kappa shape index (κ2) is 5.08. The van der Waals surface area contributed by atoms with Crippen LogP contribution in [-0.4, -0.2) is 17.3 Å². The Bertz CT molecular complexity index is 637. The molecule has 0 aliphatic heterocycles. The number of hydrogen-bond acceptors (Lipinski definition) is 3. The van der Waals surface area contributed by atoms with E-state index in [4.69, 9.17) is 0 Å². The quantitative estimate of drug-likeness (QED) is 0.783. The minimum absolute atomic E-state index is 0.291. The molecule has 3 nitrogen and oxygen atoms in total. The summed E-state index contributed by atoms with van der Waals surface area (Å²) in [5.74, 6) is 1.09. The third-order valence-electron chi connectivity index (χ3n) is 4.16. The number of phenolic OH excluding ortho intramolecular Hbond substituents is 2. The maximum atomic E-state index is 9.59. The SMILES string of the molecule is CNc1cc(O)ccc1C1CCc2cc(O)ccc2C1. The molecule has 0 fully saturated rings. The van der Waals surface area contributed by atoms with E-state index in [9.17, 15) is 10.2 Å². The summed E-state index contributed by atoms with van der Waals surface area (Å²) in [5, 5.41) is 22.3. The van der Waals surface area contributed by atoms with Gasteiger partial charge in [-0.05, 0) is 60.1 Å². The van der Waals surface area contributed by atoms with Gasteiger partial charge in [0.2, 0.25) is 0 Å². The maximum Gasteiger partial charge on any atom is 0.117 e. The lowest BCUT2D eigenvalue weighted by atomic mass is 9.79. The van der Waals surface area contributed by atoms with E-state index in [-0.39, 0.29) is 0 Å². The van der Waals surface area contributed by atoms with Gasteiger partial charge in [0.1, 0.15) is 11.5 Å². The van der Waals surface area contributed by atoms with Crippen LogP contribution >= 0.6 is 0 Å². The molecule has 0 spiro atoms. The number of nitrogens with one attached hydrogen (secondary N) is 1. The monoisotopic (exact) mass is 269 g/mol. The number of hydrogen-bond donors (Lipinski definition) is 3. The van der Waals surface area contributed by atoms with E-state index in [1.54, 1.807) is 18.2 Å². The molecule has 104 valence electrons. The van der Waals surface area contributed by atoms with Crippen molar-refractivity contribution in [2.45, 2.75) is 25.2 Å². The second-order valence-corrected chi connectivity index (χ2v) is 5.41. The number of aromatic hydroxyl groups is 2. The first-order valence-electron chi connectivity index (χ1n) is 6.99. The fourth-order valence-electron chi connectivity index (χ4n) is 3.12. The summed E-state index contributed by atoms with van der Waals surface area (Å²) in [6, 6.07) is 11.2. The molecule has 20 heavy (non-hydrogen) atoms. The molecular weight excluding hydrogens is 250 g/mol.